The van der Waals surface area contributed by atoms with Crippen molar-refractivity contribution in [1.82, 2.24) is 4.47 Å². The Morgan fingerprint density at radius 3 is 2.43 bits per heavy atom. The van der Waals surface area contributed by atoms with Crippen LogP contribution in [0.3, 0.4) is 0 Å². The lowest BCUT2D eigenvalue weighted by Crippen LogP contribution is -2.17. The highest BCUT2D eigenvalue weighted by Gasteiger charge is 2.16. The molecule has 0 aliphatic carbocycles. The van der Waals surface area contributed by atoms with Crippen molar-refractivity contribution in [3.05, 3.63) is 5.21 Å². The molecule has 1 fully saturated rings. The number of hydroxylamine groups is 1. The summed E-state index contributed by atoms with van der Waals surface area (Å²) in [5.41, 5.74) is 0. The average Bonchev–Trinajstić information content (AvgIpc) is 1.91. The lowest BCUT2D eigenvalue weighted by molar-refractivity contribution is 0.534. The van der Waals surface area contributed by atoms with Crippen molar-refractivity contribution in [3.8, 4) is 0 Å². The van der Waals surface area contributed by atoms with E-state index in [-0.39, 0.29) is 0 Å². The lowest BCUT2D eigenvalue weighted by atomic mass is 10.5. The van der Waals surface area contributed by atoms with Crippen LogP contribution in [0.2, 0.25) is 0 Å². The van der Waals surface area contributed by atoms with Crippen molar-refractivity contribution < 1.29 is 4.55 Å². The molecule has 3 nitrogen and oxygen atoms in total. The van der Waals surface area contributed by atoms with Crippen LogP contribution in [0.15, 0.2) is 0 Å². The maximum Gasteiger partial charge on any atom is 0.126 e. The van der Waals surface area contributed by atoms with Crippen LogP contribution in [-0.4, -0.2) is 21.3 Å². The maximum absolute atomic E-state index is 10.3. The molecule has 42 valence electrons. The predicted octanol–water partition coefficient (Wildman–Crippen LogP) is -0.146. The first-order valence-corrected chi connectivity index (χ1v) is 3.41. The molecule has 0 amide bonds. The fourth-order valence-electron chi connectivity index (χ4n) is 0.521. The van der Waals surface area contributed by atoms with Crippen molar-refractivity contribution in [1.29, 1.82) is 0 Å². The molecule has 0 saturated carbocycles. The van der Waals surface area contributed by atoms with E-state index in [4.69, 9.17) is 0 Å². The monoisotopic (exact) mass is 120 g/mol. The van der Waals surface area contributed by atoms with Gasteiger partial charge in [-0.1, -0.05) is 0 Å². The lowest BCUT2D eigenvalue weighted by Gasteiger charge is -2.19. The van der Waals surface area contributed by atoms with Crippen LogP contribution < -0.4 is 0 Å². The van der Waals surface area contributed by atoms with Gasteiger partial charge in [0.05, 0.1) is 0 Å². The van der Waals surface area contributed by atoms with Gasteiger partial charge in [-0.25, -0.2) is 0 Å². The second kappa shape index (κ2) is 2.00. The summed E-state index contributed by atoms with van der Waals surface area (Å²) in [5, 5.41) is 10.2. The minimum atomic E-state index is -1.19. The van der Waals surface area contributed by atoms with Gasteiger partial charge in [-0.3, -0.25) is 0 Å². The molecule has 0 bridgehead atoms. The van der Waals surface area contributed by atoms with Crippen LogP contribution in [0, 0.1) is 5.21 Å². The molecule has 0 spiro atoms. The summed E-state index contributed by atoms with van der Waals surface area (Å²) in [7, 11) is 0. The Labute approximate surface area is 45.2 Å². The zero-order chi connectivity index (χ0) is 5.28. The standard InChI is InChI=1S/C3H6NO2S/c5-4-2-1-3-7(4)6/h1-3H2/q-1. The molecular weight excluding hydrogens is 114 g/mol. The first-order valence-electron chi connectivity index (χ1n) is 2.14. The Bertz CT molecular complexity index is 62.0. The highest BCUT2D eigenvalue weighted by Crippen LogP contribution is 2.09. The van der Waals surface area contributed by atoms with Gasteiger partial charge in [-0.15, -0.1) is 0 Å². The SMILES string of the molecule is [O-]N1CCC[S+]1[O-]. The topological polar surface area (TPSA) is 49.4 Å². The molecule has 0 aromatic heterocycles. The quantitative estimate of drug-likeness (QED) is 0.418. The normalized spacial score (nSPS) is 34.3. The number of nitrogens with zero attached hydrogens (tertiary/aromatic N) is 1. The Kier molecular flexibility index (Phi) is 1.53. The van der Waals surface area contributed by atoms with Gasteiger partial charge in [-0.2, -0.15) is 4.47 Å². The van der Waals surface area contributed by atoms with E-state index in [0.717, 1.165) is 6.42 Å². The van der Waals surface area contributed by atoms with Crippen molar-refractivity contribution in [3.63, 3.8) is 0 Å². The summed E-state index contributed by atoms with van der Waals surface area (Å²) in [6.45, 7) is 0.451. The summed E-state index contributed by atoms with van der Waals surface area (Å²) >= 11 is -1.19. The molecule has 0 N–H and O–H groups in total. The van der Waals surface area contributed by atoms with E-state index in [9.17, 15) is 9.76 Å². The minimum Gasteiger partial charge on any atom is -0.743 e. The van der Waals surface area contributed by atoms with Crippen LogP contribution in [0.25, 0.3) is 0 Å². The Hall–Kier alpha value is 0.230. The minimum absolute atomic E-state index is 0.451. The molecule has 1 heterocycles. The van der Waals surface area contributed by atoms with Gasteiger partial charge >= 0.3 is 0 Å². The van der Waals surface area contributed by atoms with Gasteiger partial charge in [0.25, 0.3) is 0 Å². The van der Waals surface area contributed by atoms with E-state index in [1.54, 1.807) is 0 Å². The van der Waals surface area contributed by atoms with E-state index in [2.05, 4.69) is 0 Å². The van der Waals surface area contributed by atoms with Crippen LogP contribution in [0.4, 0.5) is 0 Å². The van der Waals surface area contributed by atoms with Gasteiger partial charge in [0, 0.05) is 24.3 Å². The van der Waals surface area contributed by atoms with E-state index in [1.807, 2.05) is 0 Å². The molecule has 0 radical (unpaired) electrons. The fraction of sp³-hybridized carbons (Fsp3) is 1.00. The molecule has 7 heavy (non-hydrogen) atoms. The fourth-order valence-corrected chi connectivity index (χ4v) is 1.43. The maximum atomic E-state index is 10.3. The first-order chi connectivity index (χ1) is 3.30. The third-order valence-electron chi connectivity index (χ3n) is 0.887. The van der Waals surface area contributed by atoms with Crippen LogP contribution in [0.5, 0.6) is 0 Å². The molecule has 1 rings (SSSR count). The van der Waals surface area contributed by atoms with Crippen molar-refractivity contribution in [2.24, 2.45) is 0 Å². The first kappa shape index (κ1) is 5.37. The molecule has 1 aliphatic heterocycles. The highest BCUT2D eigenvalue weighted by molar-refractivity contribution is 7.89. The van der Waals surface area contributed by atoms with Gasteiger partial charge < -0.3 is 9.76 Å². The Morgan fingerprint density at radius 2 is 2.29 bits per heavy atom. The third kappa shape index (κ3) is 1.07. The summed E-state index contributed by atoms with van der Waals surface area (Å²) in [6, 6.07) is 0. The Morgan fingerprint density at radius 1 is 1.57 bits per heavy atom. The van der Waals surface area contributed by atoms with E-state index >= 15 is 0 Å². The van der Waals surface area contributed by atoms with E-state index in [0.29, 0.717) is 16.8 Å². The summed E-state index contributed by atoms with van der Waals surface area (Å²) < 4.78 is 10.9. The van der Waals surface area contributed by atoms with Crippen LogP contribution in [0.1, 0.15) is 6.42 Å². The molecular formula is C3H6NO2S-. The highest BCUT2D eigenvalue weighted by atomic mass is 32.2. The summed E-state index contributed by atoms with van der Waals surface area (Å²) in [5.74, 6) is 0.559. The van der Waals surface area contributed by atoms with Crippen LogP contribution in [-0.2, 0) is 11.4 Å². The number of hydrogen-bond acceptors (Lipinski definition) is 3. The smallest absolute Gasteiger partial charge is 0.126 e. The second-order valence-corrected chi connectivity index (χ2v) is 2.89. The molecule has 1 unspecified atom stereocenters. The predicted molar refractivity (Wildman–Crippen MR) is 27.7 cm³/mol. The summed E-state index contributed by atoms with van der Waals surface area (Å²) in [4.78, 5) is 0. The third-order valence-corrected chi connectivity index (χ3v) is 2.16. The van der Waals surface area contributed by atoms with Gasteiger partial charge in [0.1, 0.15) is 5.75 Å². The largest absolute Gasteiger partial charge is 0.743 e. The van der Waals surface area contributed by atoms with Crippen molar-refractivity contribution in [2.75, 3.05) is 12.3 Å². The second-order valence-electron chi connectivity index (χ2n) is 1.44. The molecule has 1 atom stereocenters. The molecule has 1 aliphatic rings. The summed E-state index contributed by atoms with van der Waals surface area (Å²) in [6.07, 6.45) is 0.788. The van der Waals surface area contributed by atoms with Gasteiger partial charge in [0.15, 0.2) is 0 Å². The van der Waals surface area contributed by atoms with Crippen molar-refractivity contribution in [2.45, 2.75) is 6.42 Å². The zero-order valence-corrected chi connectivity index (χ0v) is 4.61. The molecule has 0 aromatic carbocycles. The number of hydrogen-bond donors (Lipinski definition) is 0. The van der Waals surface area contributed by atoms with Crippen LogP contribution >= 0.6 is 0 Å². The zero-order valence-electron chi connectivity index (χ0n) is 3.79. The van der Waals surface area contributed by atoms with E-state index in [1.165, 1.54) is 0 Å². The average molecular weight is 120 g/mol. The molecule has 4 heteroatoms. The van der Waals surface area contributed by atoms with Gasteiger partial charge in [-0.05, 0) is 0 Å². The van der Waals surface area contributed by atoms with Crippen molar-refractivity contribution >= 4 is 11.4 Å². The van der Waals surface area contributed by atoms with Gasteiger partial charge in [0.2, 0.25) is 0 Å². The van der Waals surface area contributed by atoms with E-state index < -0.39 is 11.4 Å². The molecule has 1 saturated heterocycles. The number of rotatable bonds is 0. The molecule has 0 aromatic rings. The Balaban J connectivity index is 2.33.